The second kappa shape index (κ2) is 5.32. The van der Waals surface area contributed by atoms with Gasteiger partial charge in [0.15, 0.2) is 0 Å². The molecule has 0 spiro atoms. The highest BCUT2D eigenvalue weighted by Gasteiger charge is 2.32. The number of aliphatic hydroxyl groups is 2. The Bertz CT molecular complexity index is 314. The van der Waals surface area contributed by atoms with E-state index in [0.717, 1.165) is 5.75 Å². The lowest BCUT2D eigenvalue weighted by Gasteiger charge is -2.31. The Morgan fingerprint density at radius 1 is 1.19 bits per heavy atom. The number of hydrogen-bond acceptors (Lipinski definition) is 3. The summed E-state index contributed by atoms with van der Waals surface area (Å²) in [6, 6.07) is 7.12. The molecule has 1 aromatic rings. The predicted octanol–water partition coefficient (Wildman–Crippen LogP) is 2.28. The van der Waals surface area contributed by atoms with Crippen molar-refractivity contribution >= 4 is 0 Å². The number of hydrogen-bond donors (Lipinski definition) is 2. The Hall–Kier alpha value is -1.06. The molecule has 16 heavy (non-hydrogen) atoms. The van der Waals surface area contributed by atoms with Gasteiger partial charge in [-0.15, -0.1) is 0 Å². The number of methoxy groups -OCH3 is 1. The van der Waals surface area contributed by atoms with Crippen molar-refractivity contribution in [1.29, 1.82) is 0 Å². The van der Waals surface area contributed by atoms with E-state index in [1.807, 2.05) is 13.8 Å². The average Bonchev–Trinajstić information content (AvgIpc) is 2.37. The van der Waals surface area contributed by atoms with Crippen molar-refractivity contribution in [1.82, 2.24) is 0 Å². The molecular formula is C13H20O3. The summed E-state index contributed by atoms with van der Waals surface area (Å²) in [5, 5.41) is 20.3. The van der Waals surface area contributed by atoms with Gasteiger partial charge in [0.25, 0.3) is 0 Å². The van der Waals surface area contributed by atoms with Crippen molar-refractivity contribution in [2.45, 2.75) is 38.4 Å². The first-order valence-electron chi connectivity index (χ1n) is 5.61. The third-order valence-electron chi connectivity index (χ3n) is 3.16. The zero-order valence-corrected chi connectivity index (χ0v) is 10.1. The van der Waals surface area contributed by atoms with E-state index in [1.54, 1.807) is 31.4 Å². The minimum atomic E-state index is -1.05. The zero-order valence-electron chi connectivity index (χ0n) is 10.1. The summed E-state index contributed by atoms with van der Waals surface area (Å²) in [5.74, 6) is 0.743. The van der Waals surface area contributed by atoms with Gasteiger partial charge in [0.1, 0.15) is 11.9 Å². The zero-order chi connectivity index (χ0) is 12.2. The first kappa shape index (κ1) is 13.0. The highest BCUT2D eigenvalue weighted by atomic mass is 16.5. The van der Waals surface area contributed by atoms with Crippen molar-refractivity contribution in [3.63, 3.8) is 0 Å². The normalized spacial score (nSPS) is 13.6. The van der Waals surface area contributed by atoms with Crippen LogP contribution in [0.1, 0.15) is 38.4 Å². The van der Waals surface area contributed by atoms with Gasteiger partial charge < -0.3 is 14.9 Å². The molecule has 0 amide bonds. The molecule has 0 radical (unpaired) electrons. The molecule has 90 valence electrons. The molecular weight excluding hydrogens is 204 g/mol. The number of benzene rings is 1. The first-order chi connectivity index (χ1) is 7.57. The minimum Gasteiger partial charge on any atom is -0.497 e. The molecule has 0 saturated carbocycles. The molecule has 2 N–H and O–H groups in total. The standard InChI is InChI=1S/C13H20O3/c1-4-13(15,5-2)12(14)10-6-8-11(16-3)9-7-10/h6-9,12,14-15H,4-5H2,1-3H3. The maximum atomic E-state index is 10.2. The van der Waals surface area contributed by atoms with E-state index in [2.05, 4.69) is 0 Å². The Morgan fingerprint density at radius 2 is 1.69 bits per heavy atom. The Labute approximate surface area is 96.7 Å². The molecule has 0 fully saturated rings. The van der Waals surface area contributed by atoms with Gasteiger partial charge in [-0.2, -0.15) is 0 Å². The van der Waals surface area contributed by atoms with Gasteiger partial charge in [0.2, 0.25) is 0 Å². The molecule has 3 heteroatoms. The van der Waals surface area contributed by atoms with Crippen LogP contribution in [-0.4, -0.2) is 22.9 Å². The molecule has 0 aliphatic heterocycles. The van der Waals surface area contributed by atoms with Crippen molar-refractivity contribution < 1.29 is 14.9 Å². The Balaban J connectivity index is 2.90. The van der Waals surface area contributed by atoms with Gasteiger partial charge >= 0.3 is 0 Å². The van der Waals surface area contributed by atoms with E-state index < -0.39 is 11.7 Å². The molecule has 1 unspecified atom stereocenters. The highest BCUT2D eigenvalue weighted by molar-refractivity contribution is 5.29. The fraction of sp³-hybridized carbons (Fsp3) is 0.538. The minimum absolute atomic E-state index is 0.524. The molecule has 0 bridgehead atoms. The van der Waals surface area contributed by atoms with Crippen molar-refractivity contribution in [3.05, 3.63) is 29.8 Å². The smallest absolute Gasteiger partial charge is 0.118 e. The van der Waals surface area contributed by atoms with Crippen molar-refractivity contribution in [2.75, 3.05) is 7.11 Å². The van der Waals surface area contributed by atoms with Crippen molar-refractivity contribution in [2.24, 2.45) is 0 Å². The number of rotatable bonds is 5. The lowest BCUT2D eigenvalue weighted by molar-refractivity contribution is -0.0820. The number of aliphatic hydroxyl groups excluding tert-OH is 1. The molecule has 0 saturated heterocycles. The summed E-state index contributed by atoms with van der Waals surface area (Å²) in [7, 11) is 1.60. The second-order valence-electron chi connectivity index (χ2n) is 3.99. The fourth-order valence-corrected chi connectivity index (χ4v) is 1.73. The predicted molar refractivity (Wildman–Crippen MR) is 63.5 cm³/mol. The monoisotopic (exact) mass is 224 g/mol. The van der Waals surface area contributed by atoms with E-state index in [9.17, 15) is 10.2 Å². The van der Waals surface area contributed by atoms with Crippen LogP contribution in [0, 0.1) is 0 Å². The maximum Gasteiger partial charge on any atom is 0.118 e. The Kier molecular flexibility index (Phi) is 4.33. The van der Waals surface area contributed by atoms with E-state index >= 15 is 0 Å². The highest BCUT2D eigenvalue weighted by Crippen LogP contribution is 2.32. The Morgan fingerprint density at radius 3 is 2.06 bits per heavy atom. The first-order valence-corrected chi connectivity index (χ1v) is 5.61. The SMILES string of the molecule is CCC(O)(CC)C(O)c1ccc(OC)cc1. The average molecular weight is 224 g/mol. The molecule has 1 rings (SSSR count). The maximum absolute atomic E-state index is 10.2. The van der Waals surface area contributed by atoms with Crippen LogP contribution in [0.15, 0.2) is 24.3 Å². The lowest BCUT2D eigenvalue weighted by Crippen LogP contribution is -2.34. The van der Waals surface area contributed by atoms with E-state index in [0.29, 0.717) is 18.4 Å². The van der Waals surface area contributed by atoms with Gasteiger partial charge in [-0.1, -0.05) is 26.0 Å². The van der Waals surface area contributed by atoms with Crippen LogP contribution in [0.25, 0.3) is 0 Å². The van der Waals surface area contributed by atoms with Crippen LogP contribution in [0.3, 0.4) is 0 Å². The van der Waals surface area contributed by atoms with Crippen LogP contribution in [-0.2, 0) is 0 Å². The van der Waals surface area contributed by atoms with Gasteiger partial charge in [-0.05, 0) is 30.5 Å². The third-order valence-corrected chi connectivity index (χ3v) is 3.16. The van der Waals surface area contributed by atoms with Crippen LogP contribution >= 0.6 is 0 Å². The molecule has 1 atom stereocenters. The summed E-state index contributed by atoms with van der Waals surface area (Å²) < 4.78 is 5.04. The number of ether oxygens (including phenoxy) is 1. The lowest BCUT2D eigenvalue weighted by atomic mass is 9.86. The summed E-state index contributed by atoms with van der Waals surface area (Å²) in [5.41, 5.74) is -0.332. The molecule has 0 aromatic heterocycles. The molecule has 0 heterocycles. The van der Waals surface area contributed by atoms with E-state index in [1.165, 1.54) is 0 Å². The molecule has 1 aromatic carbocycles. The fourth-order valence-electron chi connectivity index (χ4n) is 1.73. The molecule has 0 aliphatic carbocycles. The molecule has 0 aliphatic rings. The summed E-state index contributed by atoms with van der Waals surface area (Å²) in [6.07, 6.45) is 0.196. The topological polar surface area (TPSA) is 49.7 Å². The summed E-state index contributed by atoms with van der Waals surface area (Å²) >= 11 is 0. The van der Waals surface area contributed by atoms with Gasteiger partial charge in [-0.3, -0.25) is 0 Å². The van der Waals surface area contributed by atoms with Crippen molar-refractivity contribution in [3.8, 4) is 5.75 Å². The van der Waals surface area contributed by atoms with Gasteiger partial charge in [0.05, 0.1) is 12.7 Å². The quantitative estimate of drug-likeness (QED) is 0.806. The van der Waals surface area contributed by atoms with Crippen LogP contribution in [0.5, 0.6) is 5.75 Å². The van der Waals surface area contributed by atoms with Gasteiger partial charge in [-0.25, -0.2) is 0 Å². The van der Waals surface area contributed by atoms with Crippen LogP contribution < -0.4 is 4.74 Å². The van der Waals surface area contributed by atoms with Crippen LogP contribution in [0.4, 0.5) is 0 Å². The second-order valence-corrected chi connectivity index (χ2v) is 3.99. The van der Waals surface area contributed by atoms with E-state index in [-0.39, 0.29) is 0 Å². The van der Waals surface area contributed by atoms with Gasteiger partial charge in [0, 0.05) is 0 Å². The van der Waals surface area contributed by atoms with Crippen LogP contribution in [0.2, 0.25) is 0 Å². The summed E-state index contributed by atoms with van der Waals surface area (Å²) in [6.45, 7) is 3.74. The van der Waals surface area contributed by atoms with E-state index in [4.69, 9.17) is 4.74 Å². The molecule has 3 nitrogen and oxygen atoms in total. The summed E-state index contributed by atoms with van der Waals surface area (Å²) in [4.78, 5) is 0. The third kappa shape index (κ3) is 2.54. The largest absolute Gasteiger partial charge is 0.497 e.